The summed E-state index contributed by atoms with van der Waals surface area (Å²) in [6, 6.07) is 13.5. The minimum Gasteiger partial charge on any atom is -0.507 e. The van der Waals surface area contributed by atoms with Gasteiger partial charge in [-0.15, -0.1) is 10.2 Å². The molecule has 0 spiro atoms. The van der Waals surface area contributed by atoms with Gasteiger partial charge in [0, 0.05) is 11.1 Å². The lowest BCUT2D eigenvalue weighted by atomic mass is 10.00. The molecule has 0 unspecified atom stereocenters. The van der Waals surface area contributed by atoms with Crippen molar-refractivity contribution < 1.29 is 5.11 Å². The summed E-state index contributed by atoms with van der Waals surface area (Å²) < 4.78 is 0. The molecule has 0 fully saturated rings. The Bertz CT molecular complexity index is 808. The third-order valence-corrected chi connectivity index (χ3v) is 3.51. The fourth-order valence-electron chi connectivity index (χ4n) is 2.42. The number of aromatic hydroxyl groups is 1. The SMILES string of the molecule is Cc1cc(-c2nnc(N)nc2-c2ccccc2)cc(C)c1O. The van der Waals surface area contributed by atoms with E-state index in [0.717, 1.165) is 22.3 Å². The molecule has 0 aliphatic carbocycles. The van der Waals surface area contributed by atoms with Gasteiger partial charge in [0.15, 0.2) is 0 Å². The Morgan fingerprint density at radius 1 is 0.864 bits per heavy atom. The minimum atomic E-state index is 0.134. The molecular formula is C17H16N4O. The van der Waals surface area contributed by atoms with Crippen LogP contribution in [0.1, 0.15) is 11.1 Å². The van der Waals surface area contributed by atoms with Crippen LogP contribution in [-0.2, 0) is 0 Å². The Morgan fingerprint density at radius 2 is 1.50 bits per heavy atom. The number of nitrogen functional groups attached to an aromatic ring is 1. The Morgan fingerprint density at radius 3 is 2.14 bits per heavy atom. The first kappa shape index (κ1) is 14.0. The van der Waals surface area contributed by atoms with E-state index in [2.05, 4.69) is 15.2 Å². The molecule has 0 radical (unpaired) electrons. The van der Waals surface area contributed by atoms with E-state index in [9.17, 15) is 5.11 Å². The van der Waals surface area contributed by atoms with E-state index in [4.69, 9.17) is 5.73 Å². The third-order valence-electron chi connectivity index (χ3n) is 3.51. The molecular weight excluding hydrogens is 276 g/mol. The van der Waals surface area contributed by atoms with Gasteiger partial charge in [-0.05, 0) is 37.1 Å². The lowest BCUT2D eigenvalue weighted by Crippen LogP contribution is -2.02. The molecule has 0 aliphatic rings. The molecule has 5 nitrogen and oxygen atoms in total. The number of rotatable bonds is 2. The summed E-state index contributed by atoms with van der Waals surface area (Å²) in [6.45, 7) is 3.71. The molecule has 0 amide bonds. The van der Waals surface area contributed by atoms with Crippen molar-refractivity contribution in [1.82, 2.24) is 15.2 Å². The van der Waals surface area contributed by atoms with E-state index in [1.165, 1.54) is 0 Å². The van der Waals surface area contributed by atoms with Gasteiger partial charge in [0.25, 0.3) is 0 Å². The molecule has 1 aromatic heterocycles. The van der Waals surface area contributed by atoms with Crippen LogP contribution >= 0.6 is 0 Å². The van der Waals surface area contributed by atoms with Gasteiger partial charge in [0.2, 0.25) is 5.95 Å². The van der Waals surface area contributed by atoms with Crippen LogP contribution in [-0.4, -0.2) is 20.3 Å². The summed E-state index contributed by atoms with van der Waals surface area (Å²) in [7, 11) is 0. The molecule has 1 heterocycles. The van der Waals surface area contributed by atoms with Crippen LogP contribution in [0.15, 0.2) is 42.5 Å². The van der Waals surface area contributed by atoms with Crippen molar-refractivity contribution in [2.24, 2.45) is 0 Å². The highest BCUT2D eigenvalue weighted by atomic mass is 16.3. The van der Waals surface area contributed by atoms with Crippen molar-refractivity contribution in [3.8, 4) is 28.3 Å². The molecule has 0 atom stereocenters. The zero-order valence-electron chi connectivity index (χ0n) is 12.4. The second-order valence-electron chi connectivity index (χ2n) is 5.19. The van der Waals surface area contributed by atoms with Crippen LogP contribution in [0.5, 0.6) is 5.75 Å². The van der Waals surface area contributed by atoms with Crippen molar-refractivity contribution in [3.63, 3.8) is 0 Å². The smallest absolute Gasteiger partial charge is 0.240 e. The number of aryl methyl sites for hydroxylation is 2. The average Bonchev–Trinajstić information content (AvgIpc) is 2.53. The molecule has 5 heteroatoms. The minimum absolute atomic E-state index is 0.134. The zero-order valence-corrected chi connectivity index (χ0v) is 12.4. The number of nitrogens with zero attached hydrogens (tertiary/aromatic N) is 3. The van der Waals surface area contributed by atoms with Gasteiger partial charge in [0.05, 0.1) is 0 Å². The summed E-state index contributed by atoms with van der Waals surface area (Å²) in [5.74, 6) is 0.427. The number of anilines is 1. The Balaban J connectivity index is 2.24. The molecule has 0 saturated carbocycles. The maximum atomic E-state index is 9.94. The van der Waals surface area contributed by atoms with Crippen LogP contribution in [0.3, 0.4) is 0 Å². The number of hydrogen-bond donors (Lipinski definition) is 2. The normalized spacial score (nSPS) is 10.6. The molecule has 110 valence electrons. The predicted octanol–water partition coefficient (Wildman–Crippen LogP) is 3.11. The number of nitrogens with two attached hydrogens (primary N) is 1. The van der Waals surface area contributed by atoms with Crippen LogP contribution in [0, 0.1) is 13.8 Å². The summed E-state index contributed by atoms with van der Waals surface area (Å²) in [5.41, 5.74) is 10.4. The fourth-order valence-corrected chi connectivity index (χ4v) is 2.42. The first-order valence-corrected chi connectivity index (χ1v) is 6.92. The lowest BCUT2D eigenvalue weighted by Gasteiger charge is -2.11. The second kappa shape index (κ2) is 5.44. The Labute approximate surface area is 128 Å². The van der Waals surface area contributed by atoms with Crippen molar-refractivity contribution in [1.29, 1.82) is 0 Å². The average molecular weight is 292 g/mol. The summed E-state index contributed by atoms with van der Waals surface area (Å²) >= 11 is 0. The van der Waals surface area contributed by atoms with Crippen molar-refractivity contribution in [2.75, 3.05) is 5.73 Å². The Kier molecular flexibility index (Phi) is 3.47. The van der Waals surface area contributed by atoms with Crippen molar-refractivity contribution in [2.45, 2.75) is 13.8 Å². The van der Waals surface area contributed by atoms with E-state index in [1.54, 1.807) is 0 Å². The van der Waals surface area contributed by atoms with Gasteiger partial charge in [-0.1, -0.05) is 30.3 Å². The molecule has 3 N–H and O–H groups in total. The highest BCUT2D eigenvalue weighted by Crippen LogP contribution is 2.32. The van der Waals surface area contributed by atoms with E-state index in [0.29, 0.717) is 17.1 Å². The van der Waals surface area contributed by atoms with Gasteiger partial charge in [-0.25, -0.2) is 4.98 Å². The van der Waals surface area contributed by atoms with E-state index in [1.807, 2.05) is 56.3 Å². The van der Waals surface area contributed by atoms with Crippen molar-refractivity contribution in [3.05, 3.63) is 53.6 Å². The third kappa shape index (κ3) is 2.48. The zero-order chi connectivity index (χ0) is 15.7. The van der Waals surface area contributed by atoms with Crippen LogP contribution in [0.2, 0.25) is 0 Å². The first-order valence-electron chi connectivity index (χ1n) is 6.92. The molecule has 0 aliphatic heterocycles. The number of hydrogen-bond acceptors (Lipinski definition) is 5. The monoisotopic (exact) mass is 292 g/mol. The Hall–Kier alpha value is -2.95. The number of phenols is 1. The maximum Gasteiger partial charge on any atom is 0.240 e. The molecule has 0 bridgehead atoms. The van der Waals surface area contributed by atoms with Gasteiger partial charge in [0.1, 0.15) is 17.1 Å². The highest BCUT2D eigenvalue weighted by molar-refractivity contribution is 5.79. The van der Waals surface area contributed by atoms with Gasteiger partial charge < -0.3 is 10.8 Å². The fraction of sp³-hybridized carbons (Fsp3) is 0.118. The molecule has 0 saturated heterocycles. The van der Waals surface area contributed by atoms with Crippen LogP contribution < -0.4 is 5.73 Å². The largest absolute Gasteiger partial charge is 0.507 e. The van der Waals surface area contributed by atoms with Gasteiger partial charge in [-0.2, -0.15) is 0 Å². The van der Waals surface area contributed by atoms with E-state index < -0.39 is 0 Å². The molecule has 3 aromatic rings. The van der Waals surface area contributed by atoms with Crippen molar-refractivity contribution >= 4 is 5.95 Å². The summed E-state index contributed by atoms with van der Waals surface area (Å²) in [5, 5.41) is 18.0. The van der Waals surface area contributed by atoms with Crippen LogP contribution in [0.25, 0.3) is 22.5 Å². The molecule has 2 aromatic carbocycles. The lowest BCUT2D eigenvalue weighted by molar-refractivity contribution is 0.467. The van der Waals surface area contributed by atoms with Crippen LogP contribution in [0.4, 0.5) is 5.95 Å². The first-order chi connectivity index (χ1) is 10.6. The van der Waals surface area contributed by atoms with E-state index in [-0.39, 0.29) is 5.95 Å². The number of benzene rings is 2. The quantitative estimate of drug-likeness (QED) is 0.758. The second-order valence-corrected chi connectivity index (χ2v) is 5.19. The van der Waals surface area contributed by atoms with Gasteiger partial charge in [-0.3, -0.25) is 0 Å². The van der Waals surface area contributed by atoms with Gasteiger partial charge >= 0.3 is 0 Å². The standard InChI is InChI=1S/C17H16N4O/c1-10-8-13(9-11(2)16(10)22)15-14(19-17(18)21-20-15)12-6-4-3-5-7-12/h3-9,22H,1-2H3,(H2,18,19,21). The number of aromatic nitrogens is 3. The molecule has 3 rings (SSSR count). The topological polar surface area (TPSA) is 84.9 Å². The van der Waals surface area contributed by atoms with E-state index >= 15 is 0 Å². The summed E-state index contributed by atoms with van der Waals surface area (Å²) in [6.07, 6.45) is 0. The highest BCUT2D eigenvalue weighted by Gasteiger charge is 2.14. The molecule has 22 heavy (non-hydrogen) atoms. The maximum absolute atomic E-state index is 9.94. The number of phenolic OH excluding ortho intramolecular Hbond substituents is 1. The predicted molar refractivity (Wildman–Crippen MR) is 86.3 cm³/mol. The summed E-state index contributed by atoms with van der Waals surface area (Å²) in [4.78, 5) is 4.34.